The molecule has 0 spiro atoms. The Morgan fingerprint density at radius 1 is 1.00 bits per heavy atom. The van der Waals surface area contributed by atoms with Gasteiger partial charge in [-0.3, -0.25) is 9.69 Å². The minimum atomic E-state index is -3.59. The molecule has 1 amide bonds. The van der Waals surface area contributed by atoms with Gasteiger partial charge >= 0.3 is 0 Å². The van der Waals surface area contributed by atoms with E-state index in [1.54, 1.807) is 30.3 Å². The predicted octanol–water partition coefficient (Wildman–Crippen LogP) is 3.45. The Bertz CT molecular complexity index is 1240. The average molecular weight is 474 g/mol. The van der Waals surface area contributed by atoms with Gasteiger partial charge in [-0.1, -0.05) is 41.9 Å². The first-order valence-corrected chi connectivity index (χ1v) is 12.0. The monoisotopic (exact) mass is 473 g/mol. The smallest absolute Gasteiger partial charge is 0.243 e. The molecule has 1 aliphatic rings. The van der Waals surface area contributed by atoms with Crippen molar-refractivity contribution in [1.82, 2.24) is 9.21 Å². The van der Waals surface area contributed by atoms with E-state index in [0.717, 1.165) is 10.8 Å². The number of amides is 1. The Morgan fingerprint density at radius 2 is 1.72 bits per heavy atom. The predicted molar refractivity (Wildman–Crippen MR) is 126 cm³/mol. The normalized spacial score (nSPS) is 15.6. The molecular weight excluding hydrogens is 450 g/mol. The third-order valence-electron chi connectivity index (χ3n) is 5.49. The summed E-state index contributed by atoms with van der Waals surface area (Å²) < 4.78 is 32.9. The first kappa shape index (κ1) is 22.5. The highest BCUT2D eigenvalue weighted by atomic mass is 35.5. The van der Waals surface area contributed by atoms with Crippen LogP contribution in [0.2, 0.25) is 5.02 Å². The minimum absolute atomic E-state index is 0.152. The Hall–Kier alpha value is -2.65. The summed E-state index contributed by atoms with van der Waals surface area (Å²) >= 11 is 6.01. The number of carbonyl (C=O) groups is 1. The van der Waals surface area contributed by atoms with Gasteiger partial charge < -0.3 is 10.1 Å². The summed E-state index contributed by atoms with van der Waals surface area (Å²) in [5, 5.41) is 5.19. The Kier molecular flexibility index (Phi) is 6.66. The standard InChI is InChI=1S/C23H24ClN3O4S/c1-31-22-9-7-19(24)15-21(22)25-23(28)16-26-10-12-27(13-11-26)32(29,30)20-8-6-17-4-2-3-5-18(17)14-20/h2-9,14-15H,10-13,16H2,1H3,(H,25,28). The lowest BCUT2D eigenvalue weighted by Crippen LogP contribution is -2.50. The first-order valence-electron chi connectivity index (χ1n) is 10.2. The van der Waals surface area contributed by atoms with Crippen LogP contribution in [-0.4, -0.2) is 63.4 Å². The van der Waals surface area contributed by atoms with Crippen LogP contribution in [0.4, 0.5) is 5.69 Å². The average Bonchev–Trinajstić information content (AvgIpc) is 2.79. The van der Waals surface area contributed by atoms with Crippen LogP contribution < -0.4 is 10.1 Å². The zero-order valence-electron chi connectivity index (χ0n) is 17.6. The lowest BCUT2D eigenvalue weighted by molar-refractivity contribution is -0.117. The highest BCUT2D eigenvalue weighted by molar-refractivity contribution is 7.89. The lowest BCUT2D eigenvalue weighted by Gasteiger charge is -2.33. The number of ether oxygens (including phenoxy) is 1. The number of hydrogen-bond donors (Lipinski definition) is 1. The number of sulfonamides is 1. The number of benzene rings is 3. The molecule has 1 fully saturated rings. The Labute approximate surface area is 192 Å². The van der Waals surface area contributed by atoms with Gasteiger partial charge in [0.25, 0.3) is 0 Å². The lowest BCUT2D eigenvalue weighted by atomic mass is 10.1. The van der Waals surface area contributed by atoms with Crippen molar-refractivity contribution >= 4 is 44.0 Å². The van der Waals surface area contributed by atoms with Crippen molar-refractivity contribution in [1.29, 1.82) is 0 Å². The highest BCUT2D eigenvalue weighted by Crippen LogP contribution is 2.28. The van der Waals surface area contributed by atoms with Gasteiger partial charge in [-0.25, -0.2) is 8.42 Å². The van der Waals surface area contributed by atoms with Gasteiger partial charge in [0.1, 0.15) is 5.75 Å². The van der Waals surface area contributed by atoms with E-state index in [1.807, 2.05) is 35.2 Å². The maximum absolute atomic E-state index is 13.1. The van der Waals surface area contributed by atoms with Crippen molar-refractivity contribution in [3.05, 3.63) is 65.7 Å². The van der Waals surface area contributed by atoms with Crippen molar-refractivity contribution in [2.75, 3.05) is 45.2 Å². The molecule has 3 aromatic carbocycles. The van der Waals surface area contributed by atoms with Crippen LogP contribution >= 0.6 is 11.6 Å². The first-order chi connectivity index (χ1) is 15.4. The Balaban J connectivity index is 1.37. The van der Waals surface area contributed by atoms with Crippen LogP contribution in [-0.2, 0) is 14.8 Å². The highest BCUT2D eigenvalue weighted by Gasteiger charge is 2.29. The molecule has 1 aliphatic heterocycles. The fourth-order valence-corrected chi connectivity index (χ4v) is 5.41. The zero-order chi connectivity index (χ0) is 22.7. The van der Waals surface area contributed by atoms with Gasteiger partial charge in [0.2, 0.25) is 15.9 Å². The van der Waals surface area contributed by atoms with E-state index in [0.29, 0.717) is 42.6 Å². The number of nitrogens with zero attached hydrogens (tertiary/aromatic N) is 2. The summed E-state index contributed by atoms with van der Waals surface area (Å²) in [6, 6.07) is 17.9. The molecule has 3 aromatic rings. The van der Waals surface area contributed by atoms with Gasteiger partial charge in [-0.05, 0) is 41.1 Å². The number of fused-ring (bicyclic) bond motifs is 1. The molecule has 4 rings (SSSR count). The van der Waals surface area contributed by atoms with Crippen LogP contribution in [0, 0.1) is 0 Å². The van der Waals surface area contributed by atoms with E-state index in [9.17, 15) is 13.2 Å². The second-order valence-corrected chi connectivity index (χ2v) is 9.96. The van der Waals surface area contributed by atoms with Crippen molar-refractivity contribution in [3.8, 4) is 5.75 Å². The van der Waals surface area contributed by atoms with Crippen LogP contribution in [0.5, 0.6) is 5.75 Å². The second-order valence-electron chi connectivity index (χ2n) is 7.58. The van der Waals surface area contributed by atoms with E-state index in [4.69, 9.17) is 16.3 Å². The van der Waals surface area contributed by atoms with E-state index < -0.39 is 10.0 Å². The molecule has 9 heteroatoms. The number of carbonyl (C=O) groups excluding carboxylic acids is 1. The van der Waals surface area contributed by atoms with Gasteiger partial charge in [0.05, 0.1) is 24.2 Å². The maximum Gasteiger partial charge on any atom is 0.243 e. The molecule has 0 saturated carbocycles. The topological polar surface area (TPSA) is 79.0 Å². The molecular formula is C23H24ClN3O4S. The molecule has 7 nitrogen and oxygen atoms in total. The summed E-state index contributed by atoms with van der Waals surface area (Å²) in [6.07, 6.45) is 0. The third-order valence-corrected chi connectivity index (χ3v) is 7.62. The van der Waals surface area contributed by atoms with Crippen molar-refractivity contribution in [3.63, 3.8) is 0 Å². The van der Waals surface area contributed by atoms with E-state index in [1.165, 1.54) is 11.4 Å². The molecule has 1 N–H and O–H groups in total. The van der Waals surface area contributed by atoms with Gasteiger partial charge in [0, 0.05) is 31.2 Å². The van der Waals surface area contributed by atoms with Crippen molar-refractivity contribution < 1.29 is 17.9 Å². The molecule has 1 saturated heterocycles. The summed E-state index contributed by atoms with van der Waals surface area (Å²) in [7, 11) is -2.07. The fourth-order valence-electron chi connectivity index (χ4n) is 3.78. The molecule has 0 atom stereocenters. The fraction of sp³-hybridized carbons (Fsp3) is 0.261. The minimum Gasteiger partial charge on any atom is -0.495 e. The number of hydrogen-bond acceptors (Lipinski definition) is 5. The summed E-state index contributed by atoms with van der Waals surface area (Å²) in [6.45, 7) is 1.73. The van der Waals surface area contributed by atoms with Crippen molar-refractivity contribution in [2.45, 2.75) is 4.90 Å². The van der Waals surface area contributed by atoms with Crippen molar-refractivity contribution in [2.24, 2.45) is 0 Å². The van der Waals surface area contributed by atoms with E-state index in [-0.39, 0.29) is 17.3 Å². The Morgan fingerprint density at radius 3 is 2.44 bits per heavy atom. The summed E-state index contributed by atoms with van der Waals surface area (Å²) in [4.78, 5) is 14.7. The number of nitrogens with one attached hydrogen (secondary N) is 1. The maximum atomic E-state index is 13.1. The number of rotatable bonds is 6. The van der Waals surface area contributed by atoms with Gasteiger partial charge in [-0.2, -0.15) is 4.31 Å². The summed E-state index contributed by atoms with van der Waals surface area (Å²) in [5.41, 5.74) is 0.502. The van der Waals surface area contributed by atoms with Crippen LogP contribution in [0.1, 0.15) is 0 Å². The van der Waals surface area contributed by atoms with Gasteiger partial charge in [-0.15, -0.1) is 0 Å². The molecule has 168 valence electrons. The molecule has 32 heavy (non-hydrogen) atoms. The number of halogens is 1. The molecule has 0 bridgehead atoms. The SMILES string of the molecule is COc1ccc(Cl)cc1NC(=O)CN1CCN(S(=O)(=O)c2ccc3ccccc3c2)CC1. The molecule has 0 aromatic heterocycles. The van der Waals surface area contributed by atoms with Crippen LogP contribution in [0.25, 0.3) is 10.8 Å². The molecule has 0 unspecified atom stereocenters. The molecule has 0 radical (unpaired) electrons. The van der Waals surface area contributed by atoms with E-state index >= 15 is 0 Å². The molecule has 1 heterocycles. The summed E-state index contributed by atoms with van der Waals surface area (Å²) in [5.74, 6) is 0.311. The number of piperazine rings is 1. The quantitative estimate of drug-likeness (QED) is 0.593. The van der Waals surface area contributed by atoms with Gasteiger partial charge in [0.15, 0.2) is 0 Å². The largest absolute Gasteiger partial charge is 0.495 e. The third kappa shape index (κ3) is 4.88. The number of anilines is 1. The van der Waals surface area contributed by atoms with Crippen LogP contribution in [0.3, 0.4) is 0 Å². The molecule has 0 aliphatic carbocycles. The number of methoxy groups -OCH3 is 1. The second kappa shape index (κ2) is 9.46. The van der Waals surface area contributed by atoms with Crippen LogP contribution in [0.15, 0.2) is 65.6 Å². The van der Waals surface area contributed by atoms with E-state index in [2.05, 4.69) is 5.32 Å². The zero-order valence-corrected chi connectivity index (χ0v) is 19.2.